The molecule has 3 rings (SSSR count). The lowest BCUT2D eigenvalue weighted by molar-refractivity contribution is -0.141. The van der Waals surface area contributed by atoms with Gasteiger partial charge in [0, 0.05) is 67.7 Å². The summed E-state index contributed by atoms with van der Waals surface area (Å²) >= 11 is 0. The Morgan fingerprint density at radius 3 is 1.92 bits per heavy atom. The normalized spacial score (nSPS) is 15.1. The van der Waals surface area contributed by atoms with Gasteiger partial charge >= 0.3 is 6.03 Å². The van der Waals surface area contributed by atoms with Gasteiger partial charge < -0.3 is 37.2 Å². The standard InChI is InChI=1S/C55H81N9O11S/c1-34(2)41(63(12)52(72)48(54(6,7)8)61-51(71)47(57-11)55(9,10)38-21-15-13-16-22-38)32-36(5)49(69)62-76(74,75)40-26-24-39(25-27-40)59-50(70)37(20-19-30-58-53(56)73)33-42(65)46(35(3)4)60-43(66)23-17-14-18-31-64-44(67)28-29-45(64)68/h13,15-16,21-22,24-29,32,34-35,37,41,46-48,57H,14,17-20,23,30-31,33H2,1-12H3,(H,59,70)(H,60,66)(H,61,71)(H,62,69)(H3,56,58,73)/b36-32+/t37-,41-,46+,47-,48-/m1/s1. The van der Waals surface area contributed by atoms with Crippen LogP contribution in [0.2, 0.25) is 0 Å². The summed E-state index contributed by atoms with van der Waals surface area (Å²) in [7, 11) is -1.21. The molecule has 0 radical (unpaired) electrons. The van der Waals surface area contributed by atoms with Crippen molar-refractivity contribution in [2.45, 2.75) is 149 Å². The average Bonchev–Trinajstić information content (AvgIpc) is 3.66. The number of imide groups is 1. The third-order valence-electron chi connectivity index (χ3n) is 13.5. The van der Waals surface area contributed by atoms with Crippen molar-refractivity contribution >= 4 is 68.9 Å². The molecule has 8 N–H and O–H groups in total. The predicted molar refractivity (Wildman–Crippen MR) is 290 cm³/mol. The fourth-order valence-electron chi connectivity index (χ4n) is 8.89. The molecule has 0 aliphatic carbocycles. The molecule has 0 saturated carbocycles. The number of nitrogens with one attached hydrogen (secondary N) is 6. The molecule has 0 fully saturated rings. The molecular formula is C55H81N9O11S. The Morgan fingerprint density at radius 1 is 0.776 bits per heavy atom. The van der Waals surface area contributed by atoms with Crippen molar-refractivity contribution in [3.8, 4) is 0 Å². The summed E-state index contributed by atoms with van der Waals surface area (Å²) in [5, 5.41) is 14.1. The maximum absolute atomic E-state index is 14.4. The molecule has 20 nitrogen and oxygen atoms in total. The number of unbranched alkanes of at least 4 members (excludes halogenated alkanes) is 2. The van der Waals surface area contributed by atoms with E-state index in [4.69, 9.17) is 5.73 Å². The van der Waals surface area contributed by atoms with E-state index in [1.807, 2.05) is 78.8 Å². The molecule has 2 aromatic carbocycles. The minimum Gasteiger partial charge on any atom is -0.352 e. The number of urea groups is 1. The summed E-state index contributed by atoms with van der Waals surface area (Å²) in [6, 6.07) is 10.5. The number of ketones is 1. The highest BCUT2D eigenvalue weighted by Crippen LogP contribution is 2.29. The van der Waals surface area contributed by atoms with Gasteiger partial charge in [-0.3, -0.25) is 43.3 Å². The van der Waals surface area contributed by atoms with Crippen LogP contribution in [0.25, 0.3) is 0 Å². The maximum Gasteiger partial charge on any atom is 0.312 e. The van der Waals surface area contributed by atoms with E-state index < -0.39 is 80.5 Å². The summed E-state index contributed by atoms with van der Waals surface area (Å²) in [5.74, 6) is -5.36. The van der Waals surface area contributed by atoms with Gasteiger partial charge in [-0.2, -0.15) is 0 Å². The van der Waals surface area contributed by atoms with Crippen molar-refractivity contribution in [3.05, 3.63) is 84.0 Å². The molecular weight excluding hydrogens is 995 g/mol. The number of benzene rings is 2. The van der Waals surface area contributed by atoms with Crippen LogP contribution in [0.15, 0.2) is 83.3 Å². The van der Waals surface area contributed by atoms with Crippen LogP contribution < -0.4 is 37.0 Å². The number of likely N-dealkylation sites (N-methyl/N-ethyl adjacent to an activating group) is 2. The van der Waals surface area contributed by atoms with Crippen LogP contribution in [0.3, 0.4) is 0 Å². The molecule has 0 spiro atoms. The molecule has 1 heterocycles. The van der Waals surface area contributed by atoms with Gasteiger partial charge in [0.05, 0.1) is 23.0 Å². The predicted octanol–water partition coefficient (Wildman–Crippen LogP) is 4.61. The van der Waals surface area contributed by atoms with E-state index in [9.17, 15) is 51.6 Å². The van der Waals surface area contributed by atoms with Gasteiger partial charge in [-0.1, -0.05) is 105 Å². The van der Waals surface area contributed by atoms with Gasteiger partial charge in [-0.25, -0.2) is 17.9 Å². The molecule has 1 aliphatic rings. The van der Waals surface area contributed by atoms with Crippen molar-refractivity contribution in [3.63, 3.8) is 0 Å². The molecule has 2 aromatic rings. The van der Waals surface area contributed by atoms with Crippen LogP contribution in [0.4, 0.5) is 10.5 Å². The molecule has 76 heavy (non-hydrogen) atoms. The highest BCUT2D eigenvalue weighted by atomic mass is 32.2. The van der Waals surface area contributed by atoms with Crippen LogP contribution >= 0.6 is 0 Å². The SMILES string of the molecule is CN[C@H](C(=O)N[C@H](C(=O)N(C)[C@H](/C=C(\C)C(=O)NS(=O)(=O)c1ccc(NC(=O)[C@H](CCCNC(N)=O)CC(=O)[C@@H](NC(=O)CCCCCN2C(=O)C=CC2=O)C(C)C)cc1)C(C)C)C(C)(C)C)C(C)(C)c1ccccc1. The molecule has 0 bridgehead atoms. The molecule has 0 aromatic heterocycles. The zero-order chi connectivity index (χ0) is 57.3. The van der Waals surface area contributed by atoms with E-state index in [0.29, 0.717) is 19.3 Å². The lowest BCUT2D eigenvalue weighted by Gasteiger charge is -2.40. The second-order valence-electron chi connectivity index (χ2n) is 21.7. The van der Waals surface area contributed by atoms with Crippen molar-refractivity contribution in [1.29, 1.82) is 0 Å². The Balaban J connectivity index is 1.71. The van der Waals surface area contributed by atoms with Crippen LogP contribution in [-0.4, -0.2) is 123 Å². The zero-order valence-electron chi connectivity index (χ0n) is 46.2. The Kier molecular flexibility index (Phi) is 23.8. The first-order chi connectivity index (χ1) is 35.4. The van der Waals surface area contributed by atoms with Crippen LogP contribution in [0.1, 0.15) is 120 Å². The molecule has 0 saturated heterocycles. The first kappa shape index (κ1) is 63.6. The number of rotatable bonds is 29. The monoisotopic (exact) mass is 1080 g/mol. The topological polar surface area (TPSA) is 292 Å². The zero-order valence-corrected chi connectivity index (χ0v) is 47.0. The van der Waals surface area contributed by atoms with Crippen LogP contribution in [0.5, 0.6) is 0 Å². The second-order valence-corrected chi connectivity index (χ2v) is 23.3. The van der Waals surface area contributed by atoms with E-state index in [1.54, 1.807) is 27.9 Å². The first-order valence-electron chi connectivity index (χ1n) is 25.8. The number of carbonyl (C=O) groups excluding carboxylic acids is 9. The Labute approximate surface area is 448 Å². The smallest absolute Gasteiger partial charge is 0.312 e. The minimum atomic E-state index is -4.47. The number of amides is 9. The van der Waals surface area contributed by atoms with Gasteiger partial charge in [-0.15, -0.1) is 0 Å². The van der Waals surface area contributed by atoms with E-state index in [1.165, 1.54) is 54.3 Å². The Morgan fingerprint density at radius 2 is 1.38 bits per heavy atom. The summed E-state index contributed by atoms with van der Waals surface area (Å²) in [6.07, 6.45) is 5.68. The number of carbonyl (C=O) groups is 9. The summed E-state index contributed by atoms with van der Waals surface area (Å²) < 4.78 is 29.2. The second kappa shape index (κ2) is 28.4. The largest absolute Gasteiger partial charge is 0.352 e. The third kappa shape index (κ3) is 18.5. The number of nitrogens with zero attached hydrogens (tertiary/aromatic N) is 2. The van der Waals surface area contributed by atoms with Gasteiger partial charge in [0.15, 0.2) is 5.78 Å². The van der Waals surface area contributed by atoms with Crippen LogP contribution in [-0.2, 0) is 53.8 Å². The number of nitrogens with two attached hydrogens (primary N) is 1. The van der Waals surface area contributed by atoms with E-state index in [2.05, 4.69) is 31.3 Å². The van der Waals surface area contributed by atoms with Crippen molar-refractivity contribution in [2.24, 2.45) is 28.9 Å². The number of primary amides is 1. The molecule has 21 heteroatoms. The highest BCUT2D eigenvalue weighted by molar-refractivity contribution is 7.90. The molecule has 418 valence electrons. The van der Waals surface area contributed by atoms with Gasteiger partial charge in [0.1, 0.15) is 6.04 Å². The van der Waals surface area contributed by atoms with Gasteiger partial charge in [0.2, 0.25) is 23.6 Å². The molecule has 1 aliphatic heterocycles. The van der Waals surface area contributed by atoms with Gasteiger partial charge in [0.25, 0.3) is 27.7 Å². The highest BCUT2D eigenvalue weighted by Gasteiger charge is 2.42. The molecule has 9 amide bonds. The Hall–Kier alpha value is -6.74. The Bertz CT molecular complexity index is 2560. The maximum atomic E-state index is 14.4. The van der Waals surface area contributed by atoms with E-state index >= 15 is 0 Å². The summed E-state index contributed by atoms with van der Waals surface area (Å²) in [5.41, 5.74) is 4.94. The number of anilines is 1. The summed E-state index contributed by atoms with van der Waals surface area (Å²) in [4.78, 5) is 120. The molecule has 0 unspecified atom stereocenters. The number of hydrogen-bond acceptors (Lipinski definition) is 12. The first-order valence-corrected chi connectivity index (χ1v) is 27.3. The number of sulfonamides is 1. The quantitative estimate of drug-likeness (QED) is 0.0334. The van der Waals surface area contributed by atoms with Gasteiger partial charge in [-0.05, 0) is 86.7 Å². The minimum absolute atomic E-state index is 0.00799. The summed E-state index contributed by atoms with van der Waals surface area (Å²) in [6.45, 7) is 18.4. The average molecular weight is 1080 g/mol. The van der Waals surface area contributed by atoms with E-state index in [-0.39, 0.29) is 90.4 Å². The van der Waals surface area contributed by atoms with E-state index in [0.717, 1.165) is 10.5 Å². The lowest BCUT2D eigenvalue weighted by atomic mass is 9.76. The van der Waals surface area contributed by atoms with Crippen molar-refractivity contribution < 1.29 is 51.6 Å². The van der Waals surface area contributed by atoms with Crippen molar-refractivity contribution in [1.82, 2.24) is 35.8 Å². The van der Waals surface area contributed by atoms with Crippen molar-refractivity contribution in [2.75, 3.05) is 32.5 Å². The fourth-order valence-corrected chi connectivity index (χ4v) is 9.91. The molecule has 5 atom stereocenters. The fraction of sp³-hybridized carbons (Fsp3) is 0.545. The van der Waals surface area contributed by atoms with Crippen LogP contribution in [0, 0.1) is 23.2 Å². The number of hydrogen-bond donors (Lipinski definition) is 7. The lowest BCUT2D eigenvalue weighted by Crippen LogP contribution is -2.61. The number of Topliss-reactive ketones (excluding diaryl/α,β-unsaturated/α-hetero) is 1. The third-order valence-corrected chi connectivity index (χ3v) is 14.8.